The van der Waals surface area contributed by atoms with Crippen LogP contribution in [0.2, 0.25) is 0 Å². The van der Waals surface area contributed by atoms with E-state index in [1.54, 1.807) is 11.1 Å². The number of benzene rings is 1. The van der Waals surface area contributed by atoms with E-state index in [1.165, 1.54) is 12.8 Å². The van der Waals surface area contributed by atoms with Gasteiger partial charge < -0.3 is 0 Å². The third kappa shape index (κ3) is 0.559. The van der Waals surface area contributed by atoms with Gasteiger partial charge in [-0.3, -0.25) is 0 Å². The fraction of sp³-hybridized carbons (Fsp3) is 0.538. The standard InChI is InChI=1S/C13H12N2/c1-2-4-8-7(3-1)9-11-10(8)13(5-6-13)12(9)15-14-11/h1-4,9-12H,5-6H2. The maximum absolute atomic E-state index is 4.53. The molecule has 74 valence electrons. The Morgan fingerprint density at radius 1 is 1.07 bits per heavy atom. The first-order valence-corrected chi connectivity index (χ1v) is 5.91. The van der Waals surface area contributed by atoms with Gasteiger partial charge in [-0.2, -0.15) is 10.2 Å². The molecule has 1 aliphatic heterocycles. The fourth-order valence-electron chi connectivity index (χ4n) is 4.45. The first kappa shape index (κ1) is 7.15. The van der Waals surface area contributed by atoms with Crippen LogP contribution in [0.3, 0.4) is 0 Å². The molecule has 0 radical (unpaired) electrons. The van der Waals surface area contributed by atoms with Crippen LogP contribution in [0.15, 0.2) is 34.5 Å². The van der Waals surface area contributed by atoms with Gasteiger partial charge in [-0.1, -0.05) is 24.3 Å². The maximum Gasteiger partial charge on any atom is 0.0872 e. The Morgan fingerprint density at radius 3 is 2.67 bits per heavy atom. The van der Waals surface area contributed by atoms with Crippen molar-refractivity contribution in [3.63, 3.8) is 0 Å². The summed E-state index contributed by atoms with van der Waals surface area (Å²) in [6.07, 6.45) is 2.78. The second-order valence-electron chi connectivity index (χ2n) is 5.53. The van der Waals surface area contributed by atoms with Crippen molar-refractivity contribution in [1.82, 2.24) is 0 Å². The Morgan fingerprint density at radius 2 is 1.87 bits per heavy atom. The van der Waals surface area contributed by atoms with E-state index in [0.717, 1.165) is 5.92 Å². The van der Waals surface area contributed by atoms with Crippen LogP contribution in [0.5, 0.6) is 0 Å². The summed E-state index contributed by atoms with van der Waals surface area (Å²) >= 11 is 0. The van der Waals surface area contributed by atoms with Crippen molar-refractivity contribution in [1.29, 1.82) is 0 Å². The smallest absolute Gasteiger partial charge is 0.0872 e. The van der Waals surface area contributed by atoms with Crippen molar-refractivity contribution < 1.29 is 0 Å². The van der Waals surface area contributed by atoms with Crippen LogP contribution < -0.4 is 0 Å². The molecule has 5 rings (SSSR count). The van der Waals surface area contributed by atoms with E-state index in [1.807, 2.05) is 0 Å². The fourth-order valence-corrected chi connectivity index (χ4v) is 4.45. The summed E-state index contributed by atoms with van der Waals surface area (Å²) in [7, 11) is 0. The second-order valence-corrected chi connectivity index (χ2v) is 5.53. The van der Waals surface area contributed by atoms with Gasteiger partial charge in [-0.05, 0) is 24.0 Å². The molecule has 1 aromatic rings. The van der Waals surface area contributed by atoms with Gasteiger partial charge >= 0.3 is 0 Å². The topological polar surface area (TPSA) is 24.7 Å². The van der Waals surface area contributed by atoms with Gasteiger partial charge in [0.1, 0.15) is 0 Å². The quantitative estimate of drug-likeness (QED) is 0.609. The molecule has 0 amide bonds. The minimum atomic E-state index is 0.509. The Kier molecular flexibility index (Phi) is 0.899. The highest BCUT2D eigenvalue weighted by atomic mass is 15.3. The van der Waals surface area contributed by atoms with Crippen molar-refractivity contribution in [2.45, 2.75) is 36.8 Å². The van der Waals surface area contributed by atoms with E-state index >= 15 is 0 Å². The van der Waals surface area contributed by atoms with Crippen molar-refractivity contribution in [2.75, 3.05) is 0 Å². The Balaban J connectivity index is 1.85. The van der Waals surface area contributed by atoms with Gasteiger partial charge in [0.15, 0.2) is 0 Å². The van der Waals surface area contributed by atoms with Crippen molar-refractivity contribution >= 4 is 0 Å². The first-order chi connectivity index (χ1) is 7.42. The molecule has 1 spiro atoms. The number of rotatable bonds is 0. The summed E-state index contributed by atoms with van der Waals surface area (Å²) in [4.78, 5) is 0. The van der Waals surface area contributed by atoms with Crippen LogP contribution in [0.4, 0.5) is 0 Å². The molecule has 0 N–H and O–H groups in total. The van der Waals surface area contributed by atoms with Crippen molar-refractivity contribution in [3.05, 3.63) is 35.4 Å². The zero-order valence-electron chi connectivity index (χ0n) is 8.43. The van der Waals surface area contributed by atoms with E-state index in [0.29, 0.717) is 23.4 Å². The number of azo groups is 1. The van der Waals surface area contributed by atoms with Crippen LogP contribution in [-0.2, 0) is 0 Å². The molecule has 4 aliphatic rings. The Bertz CT molecular complexity index is 501. The van der Waals surface area contributed by atoms with E-state index in [-0.39, 0.29) is 0 Å². The summed E-state index contributed by atoms with van der Waals surface area (Å²) in [5.41, 5.74) is 3.71. The molecule has 2 heteroatoms. The monoisotopic (exact) mass is 196 g/mol. The van der Waals surface area contributed by atoms with Crippen LogP contribution >= 0.6 is 0 Å². The Labute approximate surface area is 88.4 Å². The van der Waals surface area contributed by atoms with Crippen LogP contribution in [0, 0.1) is 5.41 Å². The van der Waals surface area contributed by atoms with Gasteiger partial charge in [0.25, 0.3) is 0 Å². The molecule has 3 aliphatic carbocycles. The zero-order valence-corrected chi connectivity index (χ0v) is 8.43. The highest BCUT2D eigenvalue weighted by Crippen LogP contribution is 2.76. The first-order valence-electron chi connectivity index (χ1n) is 5.91. The van der Waals surface area contributed by atoms with Gasteiger partial charge in [-0.25, -0.2) is 0 Å². The lowest BCUT2D eigenvalue weighted by atomic mass is 9.77. The van der Waals surface area contributed by atoms with Gasteiger partial charge in [0.2, 0.25) is 0 Å². The molecule has 1 aromatic carbocycles. The van der Waals surface area contributed by atoms with Crippen molar-refractivity contribution in [2.24, 2.45) is 15.6 Å². The zero-order chi connectivity index (χ0) is 9.62. The molecule has 4 bridgehead atoms. The predicted molar refractivity (Wildman–Crippen MR) is 56.0 cm³/mol. The summed E-state index contributed by atoms with van der Waals surface area (Å²) in [5, 5.41) is 9.03. The molecule has 4 unspecified atom stereocenters. The average Bonchev–Trinajstić information content (AvgIpc) is 2.75. The molecule has 2 nitrogen and oxygen atoms in total. The molecule has 2 saturated carbocycles. The lowest BCUT2D eigenvalue weighted by Gasteiger charge is -2.29. The molecular formula is C13H12N2. The number of nitrogens with zero attached hydrogens (tertiary/aromatic N) is 2. The summed E-state index contributed by atoms with van der Waals surface area (Å²) in [6.45, 7) is 0. The lowest BCUT2D eigenvalue weighted by Crippen LogP contribution is -2.26. The molecular weight excluding hydrogens is 184 g/mol. The highest BCUT2D eigenvalue weighted by Gasteiger charge is 2.73. The van der Waals surface area contributed by atoms with E-state index in [9.17, 15) is 0 Å². The van der Waals surface area contributed by atoms with Gasteiger partial charge in [-0.15, -0.1) is 0 Å². The molecule has 0 saturated heterocycles. The largest absolute Gasteiger partial charge is 0.189 e. The van der Waals surface area contributed by atoms with Crippen molar-refractivity contribution in [3.8, 4) is 0 Å². The minimum Gasteiger partial charge on any atom is -0.189 e. The second kappa shape index (κ2) is 1.89. The molecule has 0 aromatic heterocycles. The Hall–Kier alpha value is -1.18. The molecule has 2 fully saturated rings. The van der Waals surface area contributed by atoms with Gasteiger partial charge in [0.05, 0.1) is 12.1 Å². The van der Waals surface area contributed by atoms with Crippen LogP contribution in [-0.4, -0.2) is 12.1 Å². The third-order valence-electron chi connectivity index (χ3n) is 5.10. The number of fused-ring (bicyclic) bond motifs is 4. The normalized spacial score (nSPS) is 45.1. The third-order valence-corrected chi connectivity index (χ3v) is 5.10. The lowest BCUT2D eigenvalue weighted by molar-refractivity contribution is 0.353. The molecule has 4 atom stereocenters. The summed E-state index contributed by atoms with van der Waals surface area (Å²) in [6, 6.07) is 10.0. The summed E-state index contributed by atoms with van der Waals surface area (Å²) < 4.78 is 0. The number of hydrogen-bond acceptors (Lipinski definition) is 2. The minimum absolute atomic E-state index is 0.509. The maximum atomic E-state index is 4.53. The van der Waals surface area contributed by atoms with E-state index < -0.39 is 0 Å². The molecule has 1 heterocycles. The summed E-state index contributed by atoms with van der Waals surface area (Å²) in [5.74, 6) is 1.37. The SMILES string of the molecule is c1ccc2c(c1)C1C3N=NC1C1(CC1)C23. The van der Waals surface area contributed by atoms with Gasteiger partial charge in [0, 0.05) is 17.3 Å². The number of hydrogen-bond donors (Lipinski definition) is 0. The highest BCUT2D eigenvalue weighted by molar-refractivity contribution is 5.52. The average molecular weight is 196 g/mol. The van der Waals surface area contributed by atoms with E-state index in [4.69, 9.17) is 0 Å². The van der Waals surface area contributed by atoms with Crippen LogP contribution in [0.25, 0.3) is 0 Å². The predicted octanol–water partition coefficient (Wildman–Crippen LogP) is 2.86. The van der Waals surface area contributed by atoms with Crippen LogP contribution in [0.1, 0.15) is 35.8 Å². The molecule has 15 heavy (non-hydrogen) atoms. The van der Waals surface area contributed by atoms with E-state index in [2.05, 4.69) is 34.5 Å².